The molecule has 6 atom stereocenters. The summed E-state index contributed by atoms with van der Waals surface area (Å²) in [5.74, 6) is 3.06. The average molecular weight is 280 g/mol. The Morgan fingerprint density at radius 2 is 2.00 bits per heavy atom. The standard InChI is InChI=1S/C17H32N2O/c1-3-18-16-6-4-12(2)8-14(16)10-19-9-13-5-7-17(20)15(13)11-19/h12-18,20H,3-11H2,1-2H3. The van der Waals surface area contributed by atoms with Crippen LogP contribution in [0.4, 0.5) is 0 Å². The fourth-order valence-electron chi connectivity index (χ4n) is 5.04. The third-order valence-electron chi connectivity index (χ3n) is 6.10. The van der Waals surface area contributed by atoms with E-state index in [1.807, 2.05) is 0 Å². The monoisotopic (exact) mass is 280 g/mol. The van der Waals surface area contributed by atoms with Gasteiger partial charge in [-0.05, 0) is 56.4 Å². The molecule has 2 N–H and O–H groups in total. The number of hydrogen-bond donors (Lipinski definition) is 2. The first kappa shape index (κ1) is 14.8. The maximum Gasteiger partial charge on any atom is 0.0583 e. The maximum absolute atomic E-state index is 10.1. The van der Waals surface area contributed by atoms with Gasteiger partial charge in [-0.2, -0.15) is 0 Å². The first-order valence-electron chi connectivity index (χ1n) is 8.81. The molecule has 2 saturated carbocycles. The van der Waals surface area contributed by atoms with Gasteiger partial charge in [-0.3, -0.25) is 0 Å². The van der Waals surface area contributed by atoms with Crippen molar-refractivity contribution >= 4 is 0 Å². The highest BCUT2D eigenvalue weighted by atomic mass is 16.3. The summed E-state index contributed by atoms with van der Waals surface area (Å²) in [6.07, 6.45) is 6.40. The zero-order valence-electron chi connectivity index (χ0n) is 13.2. The number of fused-ring (bicyclic) bond motifs is 1. The smallest absolute Gasteiger partial charge is 0.0583 e. The number of nitrogens with zero attached hydrogens (tertiary/aromatic N) is 1. The molecular formula is C17H32N2O. The number of likely N-dealkylation sites (tertiary alicyclic amines) is 1. The van der Waals surface area contributed by atoms with Gasteiger partial charge < -0.3 is 15.3 Å². The number of aliphatic hydroxyl groups is 1. The molecule has 0 spiro atoms. The molecule has 1 heterocycles. The molecule has 3 fully saturated rings. The summed E-state index contributed by atoms with van der Waals surface area (Å²) in [6.45, 7) is 9.38. The van der Waals surface area contributed by atoms with Crippen LogP contribution >= 0.6 is 0 Å². The van der Waals surface area contributed by atoms with E-state index in [4.69, 9.17) is 0 Å². The number of rotatable bonds is 4. The van der Waals surface area contributed by atoms with Crippen molar-refractivity contribution in [2.45, 2.75) is 58.1 Å². The van der Waals surface area contributed by atoms with E-state index in [9.17, 15) is 5.11 Å². The Kier molecular flexibility index (Phi) is 4.68. The van der Waals surface area contributed by atoms with Crippen LogP contribution in [0.15, 0.2) is 0 Å². The van der Waals surface area contributed by atoms with Crippen LogP contribution in [0.25, 0.3) is 0 Å². The van der Waals surface area contributed by atoms with E-state index in [1.165, 1.54) is 38.8 Å². The van der Waals surface area contributed by atoms with Crippen LogP contribution in [0.1, 0.15) is 46.0 Å². The van der Waals surface area contributed by atoms with Gasteiger partial charge >= 0.3 is 0 Å². The van der Waals surface area contributed by atoms with Gasteiger partial charge in [0.2, 0.25) is 0 Å². The SMILES string of the molecule is CCNC1CCC(C)CC1CN1CC2CCC(O)C2C1. The number of nitrogens with one attached hydrogen (secondary N) is 1. The Balaban J connectivity index is 1.56. The van der Waals surface area contributed by atoms with Gasteiger partial charge in [0.1, 0.15) is 0 Å². The Morgan fingerprint density at radius 1 is 1.15 bits per heavy atom. The molecule has 0 amide bonds. The highest BCUT2D eigenvalue weighted by Crippen LogP contribution is 2.39. The Hall–Kier alpha value is -0.120. The van der Waals surface area contributed by atoms with Crippen molar-refractivity contribution in [1.82, 2.24) is 10.2 Å². The second-order valence-electron chi connectivity index (χ2n) is 7.63. The molecule has 1 saturated heterocycles. The molecule has 3 heteroatoms. The average Bonchev–Trinajstić information content (AvgIpc) is 2.96. The van der Waals surface area contributed by atoms with Crippen molar-refractivity contribution in [2.24, 2.45) is 23.7 Å². The van der Waals surface area contributed by atoms with Crippen molar-refractivity contribution in [1.29, 1.82) is 0 Å². The van der Waals surface area contributed by atoms with E-state index >= 15 is 0 Å². The largest absolute Gasteiger partial charge is 0.393 e. The summed E-state index contributed by atoms with van der Waals surface area (Å²) < 4.78 is 0. The lowest BCUT2D eigenvalue weighted by Crippen LogP contribution is -2.45. The highest BCUT2D eigenvalue weighted by Gasteiger charge is 2.42. The molecular weight excluding hydrogens is 248 g/mol. The molecule has 3 rings (SSSR count). The predicted octanol–water partition coefficient (Wildman–Crippen LogP) is 2.10. The van der Waals surface area contributed by atoms with Crippen LogP contribution in [0.5, 0.6) is 0 Å². The fourth-order valence-corrected chi connectivity index (χ4v) is 5.04. The zero-order chi connectivity index (χ0) is 14.1. The van der Waals surface area contributed by atoms with Gasteiger partial charge in [0.05, 0.1) is 6.10 Å². The molecule has 0 radical (unpaired) electrons. The third-order valence-corrected chi connectivity index (χ3v) is 6.10. The van der Waals surface area contributed by atoms with E-state index in [0.717, 1.165) is 43.3 Å². The molecule has 3 aliphatic rings. The summed E-state index contributed by atoms with van der Waals surface area (Å²) in [5, 5.41) is 13.8. The van der Waals surface area contributed by atoms with E-state index in [1.54, 1.807) is 0 Å². The highest BCUT2D eigenvalue weighted by molar-refractivity contribution is 4.95. The minimum atomic E-state index is -0.0140. The van der Waals surface area contributed by atoms with E-state index < -0.39 is 0 Å². The first-order chi connectivity index (χ1) is 9.67. The summed E-state index contributed by atoms with van der Waals surface area (Å²) in [5.41, 5.74) is 0. The summed E-state index contributed by atoms with van der Waals surface area (Å²) in [7, 11) is 0. The maximum atomic E-state index is 10.1. The summed E-state index contributed by atoms with van der Waals surface area (Å²) in [4.78, 5) is 2.66. The van der Waals surface area contributed by atoms with Crippen LogP contribution < -0.4 is 5.32 Å². The Morgan fingerprint density at radius 3 is 2.75 bits per heavy atom. The van der Waals surface area contributed by atoms with Crippen LogP contribution in [0.2, 0.25) is 0 Å². The van der Waals surface area contributed by atoms with Gasteiger partial charge in [0.25, 0.3) is 0 Å². The molecule has 20 heavy (non-hydrogen) atoms. The second kappa shape index (κ2) is 6.33. The molecule has 0 aromatic rings. The lowest BCUT2D eigenvalue weighted by molar-refractivity contribution is 0.114. The molecule has 0 aromatic heterocycles. The Bertz CT molecular complexity index is 322. The molecule has 2 aliphatic carbocycles. The third kappa shape index (κ3) is 3.05. The van der Waals surface area contributed by atoms with Crippen LogP contribution in [-0.4, -0.2) is 48.3 Å². The van der Waals surface area contributed by atoms with Crippen LogP contribution in [0, 0.1) is 23.7 Å². The van der Waals surface area contributed by atoms with Gasteiger partial charge in [-0.1, -0.05) is 13.8 Å². The van der Waals surface area contributed by atoms with Crippen molar-refractivity contribution < 1.29 is 5.11 Å². The predicted molar refractivity (Wildman–Crippen MR) is 82.6 cm³/mol. The van der Waals surface area contributed by atoms with Crippen LogP contribution in [0.3, 0.4) is 0 Å². The minimum absolute atomic E-state index is 0.0140. The van der Waals surface area contributed by atoms with Crippen LogP contribution in [-0.2, 0) is 0 Å². The molecule has 116 valence electrons. The molecule has 0 aromatic carbocycles. The quantitative estimate of drug-likeness (QED) is 0.828. The fraction of sp³-hybridized carbons (Fsp3) is 1.00. The number of aliphatic hydroxyl groups excluding tert-OH is 1. The van der Waals surface area contributed by atoms with Crippen molar-refractivity contribution in [3.63, 3.8) is 0 Å². The molecule has 6 unspecified atom stereocenters. The van der Waals surface area contributed by atoms with Crippen molar-refractivity contribution in [2.75, 3.05) is 26.2 Å². The lowest BCUT2D eigenvalue weighted by atomic mass is 9.78. The summed E-state index contributed by atoms with van der Waals surface area (Å²) >= 11 is 0. The Labute approximate surface area is 124 Å². The van der Waals surface area contributed by atoms with E-state index in [-0.39, 0.29) is 6.10 Å². The van der Waals surface area contributed by atoms with Gasteiger partial charge in [0.15, 0.2) is 0 Å². The van der Waals surface area contributed by atoms with Gasteiger partial charge in [0, 0.05) is 31.6 Å². The minimum Gasteiger partial charge on any atom is -0.393 e. The van der Waals surface area contributed by atoms with Gasteiger partial charge in [-0.25, -0.2) is 0 Å². The lowest BCUT2D eigenvalue weighted by Gasteiger charge is -2.37. The normalized spacial score (nSPS) is 45.8. The summed E-state index contributed by atoms with van der Waals surface area (Å²) in [6, 6.07) is 0.724. The van der Waals surface area contributed by atoms with Crippen molar-refractivity contribution in [3.05, 3.63) is 0 Å². The van der Waals surface area contributed by atoms with Crippen molar-refractivity contribution in [3.8, 4) is 0 Å². The molecule has 1 aliphatic heterocycles. The second-order valence-corrected chi connectivity index (χ2v) is 7.63. The molecule has 3 nitrogen and oxygen atoms in total. The number of hydrogen-bond acceptors (Lipinski definition) is 3. The van der Waals surface area contributed by atoms with E-state index in [0.29, 0.717) is 5.92 Å². The molecule has 0 bridgehead atoms. The van der Waals surface area contributed by atoms with Gasteiger partial charge in [-0.15, -0.1) is 0 Å². The first-order valence-corrected chi connectivity index (χ1v) is 8.81. The topological polar surface area (TPSA) is 35.5 Å². The van der Waals surface area contributed by atoms with E-state index in [2.05, 4.69) is 24.1 Å². The zero-order valence-corrected chi connectivity index (χ0v) is 13.2.